The molecule has 0 atom stereocenters. The van der Waals surface area contributed by atoms with Crippen LogP contribution in [0.5, 0.6) is 0 Å². The van der Waals surface area contributed by atoms with Crippen molar-refractivity contribution in [1.29, 1.82) is 0 Å². The number of nitrogen functional groups attached to an aromatic ring is 2. The maximum Gasteiger partial charge on any atom is 0.0695 e. The maximum absolute atomic E-state index is 6.16. The first kappa shape index (κ1) is 14.6. The van der Waals surface area contributed by atoms with Crippen LogP contribution in [-0.4, -0.2) is 0 Å². The van der Waals surface area contributed by atoms with E-state index in [0.717, 1.165) is 11.1 Å². The Bertz CT molecular complexity index is 586. The number of anilines is 2. The minimum absolute atomic E-state index is 0.360. The van der Waals surface area contributed by atoms with Crippen LogP contribution in [0.1, 0.15) is 11.1 Å². The molecule has 0 saturated heterocycles. The number of hydrogen-bond donors (Lipinski definition) is 2. The number of rotatable bonds is 2. The van der Waals surface area contributed by atoms with Crippen LogP contribution in [0.2, 0.25) is 20.1 Å². The topological polar surface area (TPSA) is 52.0 Å². The van der Waals surface area contributed by atoms with Gasteiger partial charge in [-0.25, -0.2) is 0 Å². The third kappa shape index (κ3) is 2.87. The molecule has 0 heterocycles. The average Bonchev–Trinajstić information content (AvgIpc) is 2.39. The fraction of sp³-hybridized carbons (Fsp3) is 0.0769. The Morgan fingerprint density at radius 3 is 1.42 bits per heavy atom. The van der Waals surface area contributed by atoms with Gasteiger partial charge in [0.25, 0.3) is 0 Å². The Hall–Kier alpha value is -0.800. The average molecular weight is 336 g/mol. The molecule has 0 radical (unpaired) electrons. The van der Waals surface area contributed by atoms with Gasteiger partial charge < -0.3 is 11.5 Å². The van der Waals surface area contributed by atoms with Crippen LogP contribution in [0.15, 0.2) is 24.3 Å². The van der Waals surface area contributed by atoms with Gasteiger partial charge in [0.05, 0.1) is 31.5 Å². The Morgan fingerprint density at radius 1 is 0.684 bits per heavy atom. The first-order chi connectivity index (χ1) is 8.91. The van der Waals surface area contributed by atoms with Gasteiger partial charge >= 0.3 is 0 Å². The predicted octanol–water partition coefficient (Wildman–Crippen LogP) is 5.06. The van der Waals surface area contributed by atoms with Crippen molar-refractivity contribution in [1.82, 2.24) is 0 Å². The molecule has 100 valence electrons. The van der Waals surface area contributed by atoms with Crippen LogP contribution in [0, 0.1) is 0 Å². The molecule has 0 aliphatic heterocycles. The van der Waals surface area contributed by atoms with E-state index in [4.69, 9.17) is 57.9 Å². The zero-order valence-corrected chi connectivity index (χ0v) is 12.7. The van der Waals surface area contributed by atoms with Crippen molar-refractivity contribution in [3.63, 3.8) is 0 Å². The molecule has 0 aliphatic rings. The van der Waals surface area contributed by atoms with E-state index in [9.17, 15) is 0 Å². The van der Waals surface area contributed by atoms with Crippen LogP contribution in [0.4, 0.5) is 11.4 Å². The Morgan fingerprint density at radius 2 is 1.05 bits per heavy atom. The number of benzene rings is 2. The molecular formula is C13H10Cl4N2. The molecule has 0 spiro atoms. The molecule has 2 rings (SSSR count). The van der Waals surface area contributed by atoms with Crippen molar-refractivity contribution in [3.05, 3.63) is 55.5 Å². The summed E-state index contributed by atoms with van der Waals surface area (Å²) in [5.41, 5.74) is 13.9. The Labute approximate surface area is 131 Å². The summed E-state index contributed by atoms with van der Waals surface area (Å²) in [6.07, 6.45) is 0.500. The summed E-state index contributed by atoms with van der Waals surface area (Å²) in [4.78, 5) is 0. The summed E-state index contributed by atoms with van der Waals surface area (Å²) in [5.74, 6) is 0. The molecule has 0 unspecified atom stereocenters. The predicted molar refractivity (Wildman–Crippen MR) is 84.6 cm³/mol. The van der Waals surface area contributed by atoms with Gasteiger partial charge in [0.2, 0.25) is 0 Å². The molecule has 2 aromatic carbocycles. The lowest BCUT2D eigenvalue weighted by Gasteiger charge is -2.11. The molecule has 0 saturated carbocycles. The van der Waals surface area contributed by atoms with Gasteiger partial charge in [-0.1, -0.05) is 58.5 Å². The highest BCUT2D eigenvalue weighted by Crippen LogP contribution is 2.35. The quantitative estimate of drug-likeness (QED) is 0.754. The largest absolute Gasteiger partial charge is 0.396 e. The van der Waals surface area contributed by atoms with E-state index in [1.807, 2.05) is 12.1 Å². The third-order valence-electron chi connectivity index (χ3n) is 2.79. The summed E-state index contributed by atoms with van der Waals surface area (Å²) in [5, 5.41) is 1.71. The standard InChI is InChI=1S/C13H10Cl4N2/c14-8-3-1-6(10(16)12(8)18)5-7-2-4-9(15)13(19)11(7)17/h1-4H,5,18-19H2. The Balaban J connectivity index is 2.43. The first-order valence-corrected chi connectivity index (χ1v) is 6.87. The van der Waals surface area contributed by atoms with Crippen LogP contribution in [0.25, 0.3) is 0 Å². The summed E-state index contributed by atoms with van der Waals surface area (Å²) in [6.45, 7) is 0. The van der Waals surface area contributed by atoms with E-state index < -0.39 is 0 Å². The second kappa shape index (κ2) is 5.68. The fourth-order valence-electron chi connectivity index (χ4n) is 1.71. The highest BCUT2D eigenvalue weighted by Gasteiger charge is 2.12. The molecule has 2 nitrogen and oxygen atoms in total. The molecule has 4 N–H and O–H groups in total. The minimum Gasteiger partial charge on any atom is -0.396 e. The summed E-state index contributed by atoms with van der Waals surface area (Å²) >= 11 is 24.1. The number of halogens is 4. The van der Waals surface area contributed by atoms with E-state index in [2.05, 4.69) is 0 Å². The monoisotopic (exact) mass is 334 g/mol. The normalized spacial score (nSPS) is 10.7. The zero-order valence-electron chi connectivity index (χ0n) is 9.68. The third-order valence-corrected chi connectivity index (χ3v) is 4.35. The van der Waals surface area contributed by atoms with Crippen LogP contribution >= 0.6 is 46.4 Å². The molecule has 19 heavy (non-hydrogen) atoms. The van der Waals surface area contributed by atoms with E-state index >= 15 is 0 Å². The molecular weight excluding hydrogens is 326 g/mol. The van der Waals surface area contributed by atoms with Gasteiger partial charge in [-0.3, -0.25) is 0 Å². The highest BCUT2D eigenvalue weighted by atomic mass is 35.5. The minimum atomic E-state index is 0.360. The van der Waals surface area contributed by atoms with E-state index in [-0.39, 0.29) is 0 Å². The molecule has 2 aromatic rings. The van der Waals surface area contributed by atoms with Gasteiger partial charge in [-0.2, -0.15) is 0 Å². The molecule has 0 amide bonds. The summed E-state index contributed by atoms with van der Waals surface area (Å²) in [7, 11) is 0. The summed E-state index contributed by atoms with van der Waals surface area (Å²) < 4.78 is 0. The van der Waals surface area contributed by atoms with Gasteiger partial charge in [0.1, 0.15) is 0 Å². The Kier molecular flexibility index (Phi) is 4.36. The lowest BCUT2D eigenvalue weighted by Crippen LogP contribution is -1.98. The van der Waals surface area contributed by atoms with E-state index in [1.54, 1.807) is 12.1 Å². The SMILES string of the molecule is Nc1c(Cl)ccc(Cc2ccc(Cl)c(N)c2Cl)c1Cl. The highest BCUT2D eigenvalue weighted by molar-refractivity contribution is 6.40. The molecule has 0 fully saturated rings. The van der Waals surface area contributed by atoms with Crippen molar-refractivity contribution in [2.45, 2.75) is 6.42 Å². The molecule has 0 aromatic heterocycles. The van der Waals surface area contributed by atoms with Crippen LogP contribution in [-0.2, 0) is 6.42 Å². The molecule has 6 heteroatoms. The van der Waals surface area contributed by atoms with Gasteiger partial charge in [-0.15, -0.1) is 0 Å². The number of nitrogens with two attached hydrogens (primary N) is 2. The lowest BCUT2D eigenvalue weighted by atomic mass is 10.0. The molecule has 0 aliphatic carbocycles. The lowest BCUT2D eigenvalue weighted by molar-refractivity contribution is 1.20. The van der Waals surface area contributed by atoms with Crippen molar-refractivity contribution in [2.24, 2.45) is 0 Å². The van der Waals surface area contributed by atoms with Crippen molar-refractivity contribution in [2.75, 3.05) is 11.5 Å². The first-order valence-electron chi connectivity index (χ1n) is 5.36. The van der Waals surface area contributed by atoms with Gasteiger partial charge in [-0.05, 0) is 23.3 Å². The second-order valence-corrected chi connectivity index (χ2v) is 5.62. The zero-order chi connectivity index (χ0) is 14.2. The van der Waals surface area contributed by atoms with Crippen LogP contribution in [0.3, 0.4) is 0 Å². The van der Waals surface area contributed by atoms with Crippen molar-refractivity contribution >= 4 is 57.8 Å². The van der Waals surface area contributed by atoms with Gasteiger partial charge in [0.15, 0.2) is 0 Å². The van der Waals surface area contributed by atoms with E-state index in [0.29, 0.717) is 37.9 Å². The summed E-state index contributed by atoms with van der Waals surface area (Å²) in [6, 6.07) is 7.01. The van der Waals surface area contributed by atoms with E-state index in [1.165, 1.54) is 0 Å². The number of hydrogen-bond acceptors (Lipinski definition) is 2. The smallest absolute Gasteiger partial charge is 0.0695 e. The van der Waals surface area contributed by atoms with Crippen LogP contribution < -0.4 is 11.5 Å². The fourth-order valence-corrected chi connectivity index (χ4v) is 2.58. The maximum atomic E-state index is 6.16. The van der Waals surface area contributed by atoms with Crippen molar-refractivity contribution in [3.8, 4) is 0 Å². The second-order valence-electron chi connectivity index (χ2n) is 4.05. The van der Waals surface area contributed by atoms with Crippen molar-refractivity contribution < 1.29 is 0 Å². The molecule has 0 bridgehead atoms. The van der Waals surface area contributed by atoms with Gasteiger partial charge in [0, 0.05) is 6.42 Å².